The van der Waals surface area contributed by atoms with E-state index in [2.05, 4.69) is 37.3 Å². The summed E-state index contributed by atoms with van der Waals surface area (Å²) in [4.78, 5) is 11.4. The molecule has 0 aromatic heterocycles. The summed E-state index contributed by atoms with van der Waals surface area (Å²) in [5, 5.41) is 4.35. The first-order chi connectivity index (χ1) is 8.83. The van der Waals surface area contributed by atoms with Gasteiger partial charge in [0.25, 0.3) is 0 Å². The fourth-order valence-corrected chi connectivity index (χ4v) is 2.50. The molecule has 18 heavy (non-hydrogen) atoms. The fraction of sp³-hybridized carbons (Fsp3) is 0.118. The third-order valence-electron chi connectivity index (χ3n) is 3.49. The number of benzene rings is 3. The lowest BCUT2D eigenvalue weighted by atomic mass is 9.96. The Bertz CT molecular complexity index is 741. The van der Waals surface area contributed by atoms with E-state index in [1.165, 1.54) is 5.56 Å². The second kappa shape index (κ2) is 4.26. The van der Waals surface area contributed by atoms with E-state index in [0.29, 0.717) is 0 Å². The quantitative estimate of drug-likeness (QED) is 0.475. The second-order valence-electron chi connectivity index (χ2n) is 4.54. The minimum Gasteiger partial charge on any atom is -0.298 e. The van der Waals surface area contributed by atoms with Crippen LogP contribution in [0, 0.1) is 0 Å². The summed E-state index contributed by atoms with van der Waals surface area (Å²) in [6.07, 6.45) is 1.98. The molecule has 3 aromatic carbocycles. The van der Waals surface area contributed by atoms with Crippen molar-refractivity contribution in [2.75, 3.05) is 0 Å². The lowest BCUT2D eigenvalue weighted by Crippen LogP contribution is -1.89. The molecule has 0 N–H and O–H groups in total. The van der Waals surface area contributed by atoms with Gasteiger partial charge >= 0.3 is 0 Å². The Morgan fingerprint density at radius 3 is 2.50 bits per heavy atom. The average Bonchev–Trinajstić information content (AvgIpc) is 2.44. The standard InChI is InChI=1S/C17H14O/c1-2-12-7-8-16-14(9-12)10-13-5-3-4-6-15(13)17(16)11-18/h3-11H,2H2,1H3. The van der Waals surface area contributed by atoms with E-state index in [-0.39, 0.29) is 0 Å². The van der Waals surface area contributed by atoms with Gasteiger partial charge in [-0.2, -0.15) is 0 Å². The number of carbonyl (C=O) groups excluding carboxylic acids is 1. The molecular formula is C17H14O. The zero-order chi connectivity index (χ0) is 12.5. The topological polar surface area (TPSA) is 17.1 Å². The van der Waals surface area contributed by atoms with Crippen LogP contribution in [0.1, 0.15) is 22.8 Å². The van der Waals surface area contributed by atoms with Gasteiger partial charge in [-0.3, -0.25) is 4.79 Å². The molecular weight excluding hydrogens is 220 g/mol. The van der Waals surface area contributed by atoms with Gasteiger partial charge in [0.05, 0.1) is 0 Å². The van der Waals surface area contributed by atoms with Gasteiger partial charge in [-0.15, -0.1) is 0 Å². The molecule has 0 fully saturated rings. The molecule has 0 bridgehead atoms. The van der Waals surface area contributed by atoms with Crippen LogP contribution in [-0.2, 0) is 6.42 Å². The van der Waals surface area contributed by atoms with Gasteiger partial charge in [-0.25, -0.2) is 0 Å². The van der Waals surface area contributed by atoms with E-state index in [4.69, 9.17) is 0 Å². The number of aryl methyl sites for hydroxylation is 1. The molecule has 3 rings (SSSR count). The third-order valence-corrected chi connectivity index (χ3v) is 3.49. The predicted octanol–water partition coefficient (Wildman–Crippen LogP) is 4.37. The number of hydrogen-bond donors (Lipinski definition) is 0. The largest absolute Gasteiger partial charge is 0.298 e. The van der Waals surface area contributed by atoms with Gasteiger partial charge in [0, 0.05) is 5.56 Å². The molecule has 1 nitrogen and oxygen atoms in total. The Balaban J connectivity index is 2.49. The highest BCUT2D eigenvalue weighted by molar-refractivity contribution is 6.12. The first kappa shape index (κ1) is 11.0. The van der Waals surface area contributed by atoms with Gasteiger partial charge in [0.2, 0.25) is 0 Å². The maximum absolute atomic E-state index is 11.4. The summed E-state index contributed by atoms with van der Waals surface area (Å²) in [5.74, 6) is 0. The summed E-state index contributed by atoms with van der Waals surface area (Å²) in [6, 6.07) is 16.5. The van der Waals surface area contributed by atoms with Gasteiger partial charge < -0.3 is 0 Å². The molecule has 3 aromatic rings. The second-order valence-corrected chi connectivity index (χ2v) is 4.54. The monoisotopic (exact) mass is 234 g/mol. The van der Waals surface area contributed by atoms with Crippen molar-refractivity contribution in [2.45, 2.75) is 13.3 Å². The average molecular weight is 234 g/mol. The van der Waals surface area contributed by atoms with Crippen LogP contribution >= 0.6 is 0 Å². The molecule has 0 aliphatic rings. The van der Waals surface area contributed by atoms with Gasteiger partial charge in [0.15, 0.2) is 6.29 Å². The van der Waals surface area contributed by atoms with Crippen molar-refractivity contribution in [1.82, 2.24) is 0 Å². The lowest BCUT2D eigenvalue weighted by molar-refractivity contribution is 0.112. The Kier molecular flexibility index (Phi) is 2.60. The molecule has 0 saturated carbocycles. The molecule has 0 heterocycles. The van der Waals surface area contributed by atoms with Crippen molar-refractivity contribution in [3.05, 3.63) is 59.7 Å². The molecule has 88 valence electrons. The lowest BCUT2D eigenvalue weighted by Gasteiger charge is -2.08. The van der Waals surface area contributed by atoms with E-state index in [1.54, 1.807) is 0 Å². The van der Waals surface area contributed by atoms with Crippen LogP contribution in [-0.4, -0.2) is 6.29 Å². The van der Waals surface area contributed by atoms with Crippen molar-refractivity contribution >= 4 is 27.8 Å². The zero-order valence-electron chi connectivity index (χ0n) is 10.3. The molecule has 0 spiro atoms. The normalized spacial score (nSPS) is 10.9. The van der Waals surface area contributed by atoms with E-state index in [0.717, 1.165) is 39.8 Å². The minimum atomic E-state index is 0.797. The van der Waals surface area contributed by atoms with Crippen molar-refractivity contribution < 1.29 is 4.79 Å². The minimum absolute atomic E-state index is 0.797. The number of rotatable bonds is 2. The maximum atomic E-state index is 11.4. The van der Waals surface area contributed by atoms with E-state index < -0.39 is 0 Å². The summed E-state index contributed by atoms with van der Waals surface area (Å²) in [6.45, 7) is 2.14. The van der Waals surface area contributed by atoms with Crippen molar-refractivity contribution in [3.8, 4) is 0 Å². The van der Waals surface area contributed by atoms with Gasteiger partial charge in [0.1, 0.15) is 0 Å². The predicted molar refractivity (Wildman–Crippen MR) is 76.2 cm³/mol. The molecule has 0 saturated heterocycles. The number of hydrogen-bond acceptors (Lipinski definition) is 1. The summed E-state index contributed by atoms with van der Waals surface area (Å²) in [7, 11) is 0. The molecule has 0 atom stereocenters. The number of carbonyl (C=O) groups is 1. The third kappa shape index (κ3) is 1.60. The van der Waals surface area contributed by atoms with Crippen LogP contribution in [0.5, 0.6) is 0 Å². The smallest absolute Gasteiger partial charge is 0.151 e. The molecule has 0 aliphatic heterocycles. The van der Waals surface area contributed by atoms with Crippen LogP contribution in [0.2, 0.25) is 0 Å². The molecule has 0 aliphatic carbocycles. The Morgan fingerprint density at radius 2 is 1.72 bits per heavy atom. The molecule has 0 unspecified atom stereocenters. The van der Waals surface area contributed by atoms with E-state index >= 15 is 0 Å². The first-order valence-electron chi connectivity index (χ1n) is 6.23. The summed E-state index contributed by atoms with van der Waals surface area (Å²) in [5.41, 5.74) is 2.10. The van der Waals surface area contributed by atoms with Crippen molar-refractivity contribution in [2.24, 2.45) is 0 Å². The zero-order valence-corrected chi connectivity index (χ0v) is 10.3. The van der Waals surface area contributed by atoms with Crippen LogP contribution in [0.4, 0.5) is 0 Å². The molecule has 0 radical (unpaired) electrons. The van der Waals surface area contributed by atoms with Crippen LogP contribution < -0.4 is 0 Å². The van der Waals surface area contributed by atoms with Gasteiger partial charge in [-0.05, 0) is 39.6 Å². The Morgan fingerprint density at radius 1 is 0.944 bits per heavy atom. The highest BCUT2D eigenvalue weighted by Crippen LogP contribution is 2.28. The SMILES string of the molecule is CCc1ccc2c(C=O)c3ccccc3cc2c1. The highest BCUT2D eigenvalue weighted by Gasteiger charge is 2.06. The van der Waals surface area contributed by atoms with Crippen molar-refractivity contribution in [3.63, 3.8) is 0 Å². The van der Waals surface area contributed by atoms with E-state index in [1.807, 2.05) is 18.2 Å². The van der Waals surface area contributed by atoms with Crippen molar-refractivity contribution in [1.29, 1.82) is 0 Å². The van der Waals surface area contributed by atoms with Crippen LogP contribution in [0.15, 0.2) is 48.5 Å². The van der Waals surface area contributed by atoms with Gasteiger partial charge in [-0.1, -0.05) is 49.4 Å². The maximum Gasteiger partial charge on any atom is 0.151 e. The van der Waals surface area contributed by atoms with Crippen LogP contribution in [0.25, 0.3) is 21.5 Å². The fourth-order valence-electron chi connectivity index (χ4n) is 2.50. The molecule has 0 amide bonds. The number of aldehydes is 1. The highest BCUT2D eigenvalue weighted by atomic mass is 16.1. The van der Waals surface area contributed by atoms with Crippen LogP contribution in [0.3, 0.4) is 0 Å². The summed E-state index contributed by atoms with van der Waals surface area (Å²) >= 11 is 0. The Labute approximate surface area is 106 Å². The van der Waals surface area contributed by atoms with E-state index in [9.17, 15) is 4.79 Å². The number of fused-ring (bicyclic) bond motifs is 2. The Hall–Kier alpha value is -2.15. The summed E-state index contributed by atoms with van der Waals surface area (Å²) < 4.78 is 0. The first-order valence-corrected chi connectivity index (χ1v) is 6.23. The molecule has 1 heteroatoms.